The van der Waals surface area contributed by atoms with E-state index in [0.29, 0.717) is 18.7 Å². The Bertz CT molecular complexity index is 1050. The van der Waals surface area contributed by atoms with E-state index in [1.54, 1.807) is 12.5 Å². The molecule has 3 heterocycles. The Morgan fingerprint density at radius 3 is 3.07 bits per heavy atom. The number of carbonyl (C=O) groups is 1. The van der Waals surface area contributed by atoms with Gasteiger partial charge in [0, 0.05) is 24.4 Å². The molecule has 0 fully saturated rings. The van der Waals surface area contributed by atoms with Gasteiger partial charge in [-0.2, -0.15) is 5.10 Å². The van der Waals surface area contributed by atoms with Gasteiger partial charge in [-0.05, 0) is 48.6 Å². The van der Waals surface area contributed by atoms with Crippen LogP contribution in [0, 0.1) is 5.92 Å². The molecular formula is C21H19N3O3. The van der Waals surface area contributed by atoms with Gasteiger partial charge in [0.15, 0.2) is 0 Å². The van der Waals surface area contributed by atoms with Crippen molar-refractivity contribution in [3.8, 4) is 5.75 Å². The second-order valence-electron chi connectivity index (χ2n) is 7.13. The number of nitrogens with zero attached hydrogens (tertiary/aromatic N) is 3. The van der Waals surface area contributed by atoms with E-state index in [1.807, 2.05) is 42.2 Å². The molecule has 1 aromatic carbocycles. The summed E-state index contributed by atoms with van der Waals surface area (Å²) >= 11 is 0. The smallest absolute Gasteiger partial charge is 0.314 e. The molecule has 6 nitrogen and oxygen atoms in total. The van der Waals surface area contributed by atoms with Gasteiger partial charge in [0.1, 0.15) is 5.75 Å². The lowest BCUT2D eigenvalue weighted by atomic mass is 9.88. The normalized spacial score (nSPS) is 18.0. The van der Waals surface area contributed by atoms with Crippen LogP contribution in [-0.2, 0) is 31.2 Å². The fraction of sp³-hybridized carbons (Fsp3) is 0.286. The summed E-state index contributed by atoms with van der Waals surface area (Å²) in [4.78, 5) is 17.3. The van der Waals surface area contributed by atoms with Gasteiger partial charge in [0.2, 0.25) is 0 Å². The fourth-order valence-corrected chi connectivity index (χ4v) is 3.92. The minimum atomic E-state index is -0.177. The van der Waals surface area contributed by atoms with Gasteiger partial charge in [-0.15, -0.1) is 0 Å². The molecule has 0 saturated heterocycles. The molecule has 0 amide bonds. The van der Waals surface area contributed by atoms with Crippen LogP contribution >= 0.6 is 0 Å². The zero-order chi connectivity index (χ0) is 18.4. The maximum Gasteiger partial charge on any atom is 0.314 e. The molecule has 0 spiro atoms. The monoisotopic (exact) mass is 361 g/mol. The van der Waals surface area contributed by atoms with E-state index >= 15 is 0 Å². The Kier molecular flexibility index (Phi) is 3.70. The van der Waals surface area contributed by atoms with E-state index in [-0.39, 0.29) is 11.9 Å². The van der Waals surface area contributed by atoms with Gasteiger partial charge in [-0.25, -0.2) is 0 Å². The molecule has 0 radical (unpaired) electrons. The van der Waals surface area contributed by atoms with E-state index in [1.165, 1.54) is 0 Å². The maximum absolute atomic E-state index is 12.7. The Hall–Kier alpha value is -3.15. The van der Waals surface area contributed by atoms with Crippen LogP contribution in [0.25, 0.3) is 0 Å². The van der Waals surface area contributed by atoms with E-state index < -0.39 is 0 Å². The fourth-order valence-electron chi connectivity index (χ4n) is 3.92. The summed E-state index contributed by atoms with van der Waals surface area (Å²) in [5.41, 5.74) is 6.19. The predicted molar refractivity (Wildman–Crippen MR) is 98.9 cm³/mol. The number of esters is 1. The first-order valence-electron chi connectivity index (χ1n) is 9.11. The number of aryl methyl sites for hydroxylation is 2. The average molecular weight is 361 g/mol. The predicted octanol–water partition coefficient (Wildman–Crippen LogP) is 3.07. The van der Waals surface area contributed by atoms with Crippen molar-refractivity contribution < 1.29 is 13.9 Å². The van der Waals surface area contributed by atoms with Crippen LogP contribution in [0.5, 0.6) is 5.75 Å². The quantitative estimate of drug-likeness (QED) is 0.531. The van der Waals surface area contributed by atoms with Crippen molar-refractivity contribution in [1.82, 2.24) is 9.78 Å². The van der Waals surface area contributed by atoms with Crippen LogP contribution in [0.2, 0.25) is 0 Å². The molecule has 1 aliphatic heterocycles. The molecule has 0 N–H and O–H groups in total. The minimum Gasteiger partial charge on any atom is -0.472 e. The maximum atomic E-state index is 12.7. The topological polar surface area (TPSA) is 69.6 Å². The lowest BCUT2D eigenvalue weighted by molar-refractivity contribution is -0.139. The lowest BCUT2D eigenvalue weighted by Crippen LogP contribution is -2.26. The number of aliphatic imine (C=N–C) groups is 1. The standard InChI is InChI=1S/C21H19N3O3/c1-24-11-16-8-13(3-5-19(16)23-24)21(25)27-17-4-2-14-10-22-20(18(14)9-17)15-6-7-26-12-15/h2,4,6-7,9,11-13H,3,5,8,10H2,1H3/t13-/m1/s1. The highest BCUT2D eigenvalue weighted by molar-refractivity contribution is 6.15. The number of fused-ring (bicyclic) bond motifs is 2. The van der Waals surface area contributed by atoms with Crippen molar-refractivity contribution in [3.63, 3.8) is 0 Å². The molecule has 0 saturated carbocycles. The van der Waals surface area contributed by atoms with Crippen molar-refractivity contribution in [2.45, 2.75) is 25.8 Å². The number of hydrogen-bond donors (Lipinski definition) is 0. The van der Waals surface area contributed by atoms with Gasteiger partial charge >= 0.3 is 5.97 Å². The Morgan fingerprint density at radius 1 is 1.30 bits per heavy atom. The molecule has 1 atom stereocenters. The average Bonchev–Trinajstić information content (AvgIpc) is 3.38. The number of furan rings is 1. The van der Waals surface area contributed by atoms with Gasteiger partial charge in [-0.1, -0.05) is 6.07 Å². The summed E-state index contributed by atoms with van der Waals surface area (Å²) in [6.07, 6.45) is 7.59. The van der Waals surface area contributed by atoms with Crippen molar-refractivity contribution in [1.29, 1.82) is 0 Å². The van der Waals surface area contributed by atoms with Gasteiger partial charge < -0.3 is 9.15 Å². The Labute approximate surface area is 156 Å². The van der Waals surface area contributed by atoms with Crippen LogP contribution in [0.1, 0.15) is 34.4 Å². The third-order valence-electron chi connectivity index (χ3n) is 5.28. The summed E-state index contributed by atoms with van der Waals surface area (Å²) in [7, 11) is 1.91. The molecule has 0 bridgehead atoms. The van der Waals surface area contributed by atoms with Crippen LogP contribution in [0.4, 0.5) is 0 Å². The van der Waals surface area contributed by atoms with E-state index in [4.69, 9.17) is 9.15 Å². The summed E-state index contributed by atoms with van der Waals surface area (Å²) in [6, 6.07) is 7.63. The molecule has 6 heteroatoms. The van der Waals surface area contributed by atoms with Crippen molar-refractivity contribution >= 4 is 11.7 Å². The van der Waals surface area contributed by atoms with Crippen LogP contribution in [0.3, 0.4) is 0 Å². The molecule has 27 heavy (non-hydrogen) atoms. The van der Waals surface area contributed by atoms with Crippen molar-refractivity contribution in [2.75, 3.05) is 0 Å². The molecule has 5 rings (SSSR count). The van der Waals surface area contributed by atoms with Crippen LogP contribution in [-0.4, -0.2) is 21.5 Å². The first-order chi connectivity index (χ1) is 13.2. The van der Waals surface area contributed by atoms with Gasteiger partial charge in [0.25, 0.3) is 0 Å². The first-order valence-corrected chi connectivity index (χ1v) is 9.11. The molecule has 0 unspecified atom stereocenters. The minimum absolute atomic E-state index is 0.128. The largest absolute Gasteiger partial charge is 0.472 e. The van der Waals surface area contributed by atoms with Gasteiger partial charge in [0.05, 0.1) is 36.4 Å². The molecule has 136 valence electrons. The van der Waals surface area contributed by atoms with Crippen molar-refractivity contribution in [2.24, 2.45) is 18.0 Å². The number of carbonyl (C=O) groups excluding carboxylic acids is 1. The molecule has 3 aromatic rings. The zero-order valence-corrected chi connectivity index (χ0v) is 15.0. The van der Waals surface area contributed by atoms with E-state index in [9.17, 15) is 4.79 Å². The van der Waals surface area contributed by atoms with Gasteiger partial charge in [-0.3, -0.25) is 14.5 Å². The highest BCUT2D eigenvalue weighted by Gasteiger charge is 2.28. The summed E-state index contributed by atoms with van der Waals surface area (Å²) in [6.45, 7) is 0.635. The Balaban J connectivity index is 1.34. The van der Waals surface area contributed by atoms with Crippen molar-refractivity contribution in [3.05, 3.63) is 70.9 Å². The number of ether oxygens (including phenoxy) is 1. The zero-order valence-electron chi connectivity index (χ0n) is 15.0. The highest BCUT2D eigenvalue weighted by Crippen LogP contribution is 2.29. The summed E-state index contributed by atoms with van der Waals surface area (Å²) < 4.78 is 12.7. The summed E-state index contributed by atoms with van der Waals surface area (Å²) in [5.74, 6) is 0.259. The SMILES string of the molecule is Cn1cc2c(n1)CC[C@@H](C(=O)Oc1ccc3c(c1)C(c1ccoc1)=NC3)C2. The van der Waals surface area contributed by atoms with E-state index in [0.717, 1.165) is 46.5 Å². The molecule has 1 aliphatic carbocycles. The van der Waals surface area contributed by atoms with Crippen LogP contribution in [0.15, 0.2) is 52.4 Å². The lowest BCUT2D eigenvalue weighted by Gasteiger charge is -2.19. The second kappa shape index (κ2) is 6.23. The summed E-state index contributed by atoms with van der Waals surface area (Å²) in [5, 5.41) is 4.44. The number of hydrogen-bond acceptors (Lipinski definition) is 5. The molecule has 2 aromatic heterocycles. The molecular weight excluding hydrogens is 342 g/mol. The number of aromatic nitrogens is 2. The Morgan fingerprint density at radius 2 is 2.22 bits per heavy atom. The molecule has 2 aliphatic rings. The third kappa shape index (κ3) is 2.87. The first kappa shape index (κ1) is 16.1. The number of rotatable bonds is 3. The van der Waals surface area contributed by atoms with E-state index in [2.05, 4.69) is 10.1 Å². The number of benzene rings is 1. The third-order valence-corrected chi connectivity index (χ3v) is 5.28. The van der Waals surface area contributed by atoms with Crippen LogP contribution < -0.4 is 4.74 Å². The highest BCUT2D eigenvalue weighted by atomic mass is 16.5. The second-order valence-corrected chi connectivity index (χ2v) is 7.13.